The number of carbonyl (C=O) groups is 2. The molecule has 0 radical (unpaired) electrons. The molecule has 0 rings (SSSR count). The molecule has 0 bridgehead atoms. The van der Waals surface area contributed by atoms with Crippen molar-refractivity contribution in [2.45, 2.75) is 296 Å². The highest BCUT2D eigenvalue weighted by molar-refractivity contribution is 5.70. The molecule has 0 saturated heterocycles. The topological polar surface area (TPSA) is 72.8 Å². The summed E-state index contributed by atoms with van der Waals surface area (Å²) < 4.78 is 10.7. The molecule has 1 N–H and O–H groups in total. The van der Waals surface area contributed by atoms with Crippen molar-refractivity contribution in [1.29, 1.82) is 0 Å². The molecule has 0 spiro atoms. The summed E-state index contributed by atoms with van der Waals surface area (Å²) in [6.45, 7) is 4.02. The van der Waals surface area contributed by atoms with E-state index < -0.39 is 6.10 Å². The summed E-state index contributed by atoms with van der Waals surface area (Å²) >= 11 is 0. The molecular formula is C62H110O5. The molecule has 0 fully saturated rings. The summed E-state index contributed by atoms with van der Waals surface area (Å²) in [5.74, 6) is -0.596. The number of hydrogen-bond donors (Lipinski definition) is 1. The second kappa shape index (κ2) is 57.7. The van der Waals surface area contributed by atoms with Crippen LogP contribution >= 0.6 is 0 Å². The monoisotopic (exact) mass is 935 g/mol. The molecule has 0 aliphatic carbocycles. The van der Waals surface area contributed by atoms with Crippen LogP contribution < -0.4 is 0 Å². The van der Waals surface area contributed by atoms with Crippen LogP contribution in [0.2, 0.25) is 0 Å². The molecule has 0 saturated carbocycles. The van der Waals surface area contributed by atoms with Crippen LogP contribution in [0.4, 0.5) is 0 Å². The van der Waals surface area contributed by atoms with Gasteiger partial charge in [-0.3, -0.25) is 9.59 Å². The van der Waals surface area contributed by atoms with Gasteiger partial charge in [-0.05, 0) is 83.5 Å². The van der Waals surface area contributed by atoms with Gasteiger partial charge in [0.15, 0.2) is 6.10 Å². The molecule has 0 aromatic heterocycles. The second-order valence-corrected chi connectivity index (χ2v) is 19.3. The van der Waals surface area contributed by atoms with Gasteiger partial charge < -0.3 is 14.6 Å². The van der Waals surface area contributed by atoms with Gasteiger partial charge in [0.2, 0.25) is 0 Å². The van der Waals surface area contributed by atoms with E-state index in [-0.39, 0.29) is 25.2 Å². The third-order valence-corrected chi connectivity index (χ3v) is 12.7. The molecule has 0 aliphatic rings. The third-order valence-electron chi connectivity index (χ3n) is 12.7. The molecule has 388 valence electrons. The van der Waals surface area contributed by atoms with E-state index in [1.165, 1.54) is 186 Å². The largest absolute Gasteiger partial charge is 0.462 e. The van der Waals surface area contributed by atoms with E-state index in [2.05, 4.69) is 86.8 Å². The maximum atomic E-state index is 12.3. The van der Waals surface area contributed by atoms with Crippen LogP contribution in [0, 0.1) is 0 Å². The summed E-state index contributed by atoms with van der Waals surface area (Å²) in [7, 11) is 0. The number of allylic oxidation sites excluding steroid dienone is 12. The number of hydrogen-bond acceptors (Lipinski definition) is 5. The summed E-state index contributed by atoms with van der Waals surface area (Å²) in [4.78, 5) is 24.5. The Morgan fingerprint density at radius 2 is 0.642 bits per heavy atom. The lowest BCUT2D eigenvalue weighted by Gasteiger charge is -2.15. The first kappa shape index (κ1) is 64.3. The second-order valence-electron chi connectivity index (χ2n) is 19.3. The molecule has 1 unspecified atom stereocenters. The molecule has 0 heterocycles. The molecule has 0 aliphatic heterocycles. The van der Waals surface area contributed by atoms with Crippen molar-refractivity contribution >= 4 is 11.9 Å². The number of aliphatic hydroxyl groups is 1. The highest BCUT2D eigenvalue weighted by atomic mass is 16.6. The molecule has 0 aromatic carbocycles. The molecule has 5 nitrogen and oxygen atoms in total. The first-order chi connectivity index (χ1) is 33.1. The number of rotatable bonds is 53. The van der Waals surface area contributed by atoms with Crippen molar-refractivity contribution in [2.75, 3.05) is 13.2 Å². The Balaban J connectivity index is 3.41. The number of ether oxygens (including phenoxy) is 2. The summed E-state index contributed by atoms with van der Waals surface area (Å²) in [6.07, 6.45) is 79.0. The molecule has 0 aromatic rings. The fraction of sp³-hybridized carbons (Fsp3) is 0.774. The lowest BCUT2D eigenvalue weighted by Crippen LogP contribution is -2.28. The van der Waals surface area contributed by atoms with Crippen molar-refractivity contribution in [1.82, 2.24) is 0 Å². The number of esters is 2. The average Bonchev–Trinajstić information content (AvgIpc) is 3.33. The van der Waals surface area contributed by atoms with E-state index in [1.807, 2.05) is 0 Å². The van der Waals surface area contributed by atoms with Crippen molar-refractivity contribution in [3.05, 3.63) is 72.9 Å². The van der Waals surface area contributed by atoms with Gasteiger partial charge in [0.1, 0.15) is 6.61 Å². The molecule has 1 atom stereocenters. The van der Waals surface area contributed by atoms with Gasteiger partial charge in [-0.1, -0.05) is 267 Å². The standard InChI is InChI=1S/C62H110O5/c1-3-5-7-9-11-13-15-17-19-21-22-23-24-25-26-27-28-29-30-31-32-33-34-35-36-37-38-39-40-41-43-45-47-49-51-53-55-57-62(65)67-60(58-63)59-66-61(64)56-54-52-50-48-46-44-42-20-18-16-14-12-10-8-6-4-2/h5,7,11,13-14,16-17,19-20,22-23,42,60,63H,3-4,6,8-10,12,15,18,21,24-41,43-59H2,1-2H3/b7-5-,13-11-,16-14-,19-17-,23-22-,42-20-. The smallest absolute Gasteiger partial charge is 0.306 e. The van der Waals surface area contributed by atoms with Gasteiger partial charge in [0, 0.05) is 12.8 Å². The Kier molecular flexibility index (Phi) is 55.4. The minimum absolute atomic E-state index is 0.0714. The van der Waals surface area contributed by atoms with Crippen molar-refractivity contribution in [2.24, 2.45) is 0 Å². The van der Waals surface area contributed by atoms with Crippen LogP contribution in [-0.2, 0) is 19.1 Å². The molecule has 67 heavy (non-hydrogen) atoms. The predicted molar refractivity (Wildman–Crippen MR) is 293 cm³/mol. The van der Waals surface area contributed by atoms with E-state index in [0.717, 1.165) is 77.0 Å². The predicted octanol–water partition coefficient (Wildman–Crippen LogP) is 19.6. The molecule has 0 amide bonds. The Labute approximate surface area is 416 Å². The average molecular weight is 936 g/mol. The van der Waals surface area contributed by atoms with Crippen LogP contribution in [-0.4, -0.2) is 36.4 Å². The van der Waals surface area contributed by atoms with Gasteiger partial charge in [-0.25, -0.2) is 0 Å². The Bertz CT molecular complexity index is 1190. The zero-order chi connectivity index (χ0) is 48.5. The van der Waals surface area contributed by atoms with E-state index in [9.17, 15) is 14.7 Å². The van der Waals surface area contributed by atoms with Gasteiger partial charge >= 0.3 is 11.9 Å². The van der Waals surface area contributed by atoms with Crippen LogP contribution in [0.3, 0.4) is 0 Å². The van der Waals surface area contributed by atoms with Crippen LogP contribution in [0.25, 0.3) is 0 Å². The third kappa shape index (κ3) is 55.8. The van der Waals surface area contributed by atoms with Crippen LogP contribution in [0.15, 0.2) is 72.9 Å². The summed E-state index contributed by atoms with van der Waals surface area (Å²) in [5, 5.41) is 9.64. The van der Waals surface area contributed by atoms with Crippen molar-refractivity contribution in [3.8, 4) is 0 Å². The zero-order valence-electron chi connectivity index (χ0n) is 44.4. The lowest BCUT2D eigenvalue weighted by atomic mass is 10.0. The van der Waals surface area contributed by atoms with Crippen LogP contribution in [0.5, 0.6) is 0 Å². The lowest BCUT2D eigenvalue weighted by molar-refractivity contribution is -0.161. The van der Waals surface area contributed by atoms with Gasteiger partial charge in [0.25, 0.3) is 0 Å². The molecule has 5 heteroatoms. The highest BCUT2D eigenvalue weighted by Crippen LogP contribution is 2.17. The van der Waals surface area contributed by atoms with E-state index >= 15 is 0 Å². The first-order valence-electron chi connectivity index (χ1n) is 29.0. The van der Waals surface area contributed by atoms with Gasteiger partial charge in [0.05, 0.1) is 6.61 Å². The normalized spacial score (nSPS) is 12.7. The van der Waals surface area contributed by atoms with E-state index in [1.54, 1.807) is 0 Å². The van der Waals surface area contributed by atoms with Crippen molar-refractivity contribution < 1.29 is 24.2 Å². The number of aliphatic hydroxyl groups excluding tert-OH is 1. The minimum Gasteiger partial charge on any atom is -0.462 e. The van der Waals surface area contributed by atoms with E-state index in [4.69, 9.17) is 9.47 Å². The summed E-state index contributed by atoms with van der Waals surface area (Å²) in [5.41, 5.74) is 0. The van der Waals surface area contributed by atoms with E-state index in [0.29, 0.717) is 12.8 Å². The summed E-state index contributed by atoms with van der Waals surface area (Å²) in [6, 6.07) is 0. The van der Waals surface area contributed by atoms with Gasteiger partial charge in [-0.2, -0.15) is 0 Å². The quantitative estimate of drug-likeness (QED) is 0.0374. The Morgan fingerprint density at radius 3 is 0.970 bits per heavy atom. The first-order valence-corrected chi connectivity index (χ1v) is 29.0. The van der Waals surface area contributed by atoms with Gasteiger partial charge in [-0.15, -0.1) is 0 Å². The molecular weight excluding hydrogens is 825 g/mol. The highest BCUT2D eigenvalue weighted by Gasteiger charge is 2.16. The Hall–Kier alpha value is -2.66. The van der Waals surface area contributed by atoms with Crippen molar-refractivity contribution in [3.63, 3.8) is 0 Å². The fourth-order valence-corrected chi connectivity index (χ4v) is 8.40. The Morgan fingerprint density at radius 1 is 0.358 bits per heavy atom. The minimum atomic E-state index is -0.778. The maximum Gasteiger partial charge on any atom is 0.306 e. The SMILES string of the molecule is CC/C=C\C/C=C\C/C=C\C/C=C\CCCCCCCCCCCCCCCCCCCCCCCCCCC(=O)OC(CO)COC(=O)CCCCCCC/C=C\C/C=C\CCCCCC. The maximum absolute atomic E-state index is 12.3. The van der Waals surface area contributed by atoms with Crippen LogP contribution in [0.1, 0.15) is 290 Å². The number of unbranched alkanes of at least 4 members (excludes halogenated alkanes) is 33. The fourth-order valence-electron chi connectivity index (χ4n) is 8.40. The zero-order valence-corrected chi connectivity index (χ0v) is 44.4. The number of carbonyl (C=O) groups excluding carboxylic acids is 2.